The number of hydrogen-bond acceptors (Lipinski definition) is 3. The third-order valence-corrected chi connectivity index (χ3v) is 2.19. The lowest BCUT2D eigenvalue weighted by atomic mass is 10.1. The smallest absolute Gasteiger partial charge is 0.150 e. The van der Waals surface area contributed by atoms with Gasteiger partial charge in [-0.3, -0.25) is 10.6 Å². The summed E-state index contributed by atoms with van der Waals surface area (Å²) in [6.45, 7) is 0. The van der Waals surface area contributed by atoms with Crippen molar-refractivity contribution in [1.29, 1.82) is 0 Å². The first kappa shape index (κ1) is 9.22. The maximum absolute atomic E-state index is 10.6. The summed E-state index contributed by atoms with van der Waals surface area (Å²) in [6.07, 6.45) is 0.817. The first-order valence-electron chi connectivity index (χ1n) is 3.42. The van der Waals surface area contributed by atoms with Gasteiger partial charge in [0, 0.05) is 16.6 Å². The van der Waals surface area contributed by atoms with E-state index in [4.69, 9.17) is 5.84 Å². The topological polar surface area (TPSA) is 55.1 Å². The second kappa shape index (κ2) is 4.23. The lowest BCUT2D eigenvalue weighted by Crippen LogP contribution is -2.07. The normalized spacial score (nSPS) is 9.50. The van der Waals surface area contributed by atoms with Gasteiger partial charge in [0.2, 0.25) is 0 Å². The number of nitrogens with two attached hydrogens (primary N) is 1. The SMILES string of the molecule is NNc1ccc(CBr)c(C=O)c1. The molecule has 0 aromatic heterocycles. The average molecular weight is 229 g/mol. The molecule has 0 unspecified atom stereocenters. The Morgan fingerprint density at radius 1 is 1.58 bits per heavy atom. The molecule has 12 heavy (non-hydrogen) atoms. The lowest BCUT2D eigenvalue weighted by Gasteiger charge is -2.03. The molecule has 0 aliphatic rings. The Bertz CT molecular complexity index is 288. The molecule has 0 saturated carbocycles. The predicted molar refractivity (Wildman–Crippen MR) is 52.3 cm³/mol. The summed E-state index contributed by atoms with van der Waals surface area (Å²) >= 11 is 3.29. The minimum Gasteiger partial charge on any atom is -0.324 e. The van der Waals surface area contributed by atoms with Crippen LogP contribution in [0.4, 0.5) is 5.69 Å². The number of hydrazine groups is 1. The molecule has 0 aliphatic heterocycles. The molecule has 1 rings (SSSR count). The molecule has 0 fully saturated rings. The van der Waals surface area contributed by atoms with E-state index < -0.39 is 0 Å². The fourth-order valence-electron chi connectivity index (χ4n) is 0.916. The minimum absolute atomic E-state index is 0.655. The van der Waals surface area contributed by atoms with Gasteiger partial charge in [-0.15, -0.1) is 0 Å². The molecule has 0 atom stereocenters. The molecule has 1 aromatic rings. The van der Waals surface area contributed by atoms with E-state index in [0.717, 1.165) is 17.5 Å². The van der Waals surface area contributed by atoms with Crippen molar-refractivity contribution in [3.05, 3.63) is 29.3 Å². The highest BCUT2D eigenvalue weighted by Gasteiger charge is 2.00. The molecule has 3 nitrogen and oxygen atoms in total. The van der Waals surface area contributed by atoms with E-state index in [1.165, 1.54) is 0 Å². The number of carbonyl (C=O) groups excluding carboxylic acids is 1. The molecule has 0 heterocycles. The van der Waals surface area contributed by atoms with Crippen molar-refractivity contribution in [2.75, 3.05) is 5.43 Å². The molecule has 1 aromatic carbocycles. The Morgan fingerprint density at radius 2 is 2.33 bits per heavy atom. The van der Waals surface area contributed by atoms with E-state index in [1.807, 2.05) is 12.1 Å². The summed E-state index contributed by atoms with van der Waals surface area (Å²) in [7, 11) is 0. The van der Waals surface area contributed by atoms with Gasteiger partial charge in [0.25, 0.3) is 0 Å². The molecule has 0 bridgehead atoms. The number of alkyl halides is 1. The van der Waals surface area contributed by atoms with Crippen LogP contribution in [0.15, 0.2) is 18.2 Å². The molecule has 4 heteroatoms. The quantitative estimate of drug-likeness (QED) is 0.359. The van der Waals surface area contributed by atoms with Crippen LogP contribution in [0.2, 0.25) is 0 Å². The van der Waals surface area contributed by atoms with Crippen molar-refractivity contribution in [2.45, 2.75) is 5.33 Å². The maximum atomic E-state index is 10.6. The van der Waals surface area contributed by atoms with E-state index in [2.05, 4.69) is 21.4 Å². The number of nitrogen functional groups attached to an aromatic ring is 1. The van der Waals surface area contributed by atoms with E-state index in [9.17, 15) is 4.79 Å². The molecular weight excluding hydrogens is 220 g/mol. The number of aldehydes is 1. The van der Waals surface area contributed by atoms with Gasteiger partial charge in [-0.05, 0) is 17.7 Å². The Hall–Kier alpha value is -0.870. The van der Waals surface area contributed by atoms with E-state index in [0.29, 0.717) is 10.9 Å². The van der Waals surface area contributed by atoms with Gasteiger partial charge in [-0.2, -0.15) is 0 Å². The van der Waals surface area contributed by atoms with Crippen LogP contribution in [-0.2, 0) is 5.33 Å². The van der Waals surface area contributed by atoms with Crippen LogP contribution in [0, 0.1) is 0 Å². The molecule has 0 amide bonds. The Balaban J connectivity index is 3.10. The zero-order chi connectivity index (χ0) is 8.97. The van der Waals surface area contributed by atoms with Crippen molar-refractivity contribution in [1.82, 2.24) is 0 Å². The van der Waals surface area contributed by atoms with Gasteiger partial charge < -0.3 is 5.43 Å². The van der Waals surface area contributed by atoms with E-state index >= 15 is 0 Å². The molecule has 0 saturated heterocycles. The number of nitrogens with one attached hydrogen (secondary N) is 1. The standard InChI is InChI=1S/C8H9BrN2O/c9-4-6-1-2-8(11-10)3-7(6)5-12/h1-3,5,11H,4,10H2. The summed E-state index contributed by atoms with van der Waals surface area (Å²) < 4.78 is 0. The summed E-state index contributed by atoms with van der Waals surface area (Å²) in [6, 6.07) is 5.39. The van der Waals surface area contributed by atoms with Crippen molar-refractivity contribution < 1.29 is 4.79 Å². The van der Waals surface area contributed by atoms with E-state index in [-0.39, 0.29) is 0 Å². The van der Waals surface area contributed by atoms with Gasteiger partial charge >= 0.3 is 0 Å². The molecule has 3 N–H and O–H groups in total. The number of rotatable bonds is 3. The average Bonchev–Trinajstić information content (AvgIpc) is 2.16. The lowest BCUT2D eigenvalue weighted by molar-refractivity contribution is 0.112. The van der Waals surface area contributed by atoms with Crippen LogP contribution in [0.3, 0.4) is 0 Å². The maximum Gasteiger partial charge on any atom is 0.150 e. The molecule has 0 radical (unpaired) electrons. The van der Waals surface area contributed by atoms with E-state index in [1.54, 1.807) is 6.07 Å². The van der Waals surface area contributed by atoms with Gasteiger partial charge in [-0.1, -0.05) is 22.0 Å². The van der Waals surface area contributed by atoms with Crippen molar-refractivity contribution in [2.24, 2.45) is 5.84 Å². The van der Waals surface area contributed by atoms with Crippen LogP contribution < -0.4 is 11.3 Å². The van der Waals surface area contributed by atoms with Crippen LogP contribution in [0.25, 0.3) is 0 Å². The Kier molecular flexibility index (Phi) is 3.25. The van der Waals surface area contributed by atoms with Crippen molar-refractivity contribution in [3.63, 3.8) is 0 Å². The Labute approximate surface area is 79.1 Å². The summed E-state index contributed by atoms with van der Waals surface area (Å²) in [4.78, 5) is 10.6. The van der Waals surface area contributed by atoms with Crippen molar-refractivity contribution >= 4 is 27.9 Å². The third-order valence-electron chi connectivity index (χ3n) is 1.58. The molecule has 0 aliphatic carbocycles. The molecular formula is C8H9BrN2O. The van der Waals surface area contributed by atoms with Crippen LogP contribution in [-0.4, -0.2) is 6.29 Å². The van der Waals surface area contributed by atoms with Gasteiger partial charge in [0.1, 0.15) is 6.29 Å². The first-order valence-corrected chi connectivity index (χ1v) is 4.54. The Morgan fingerprint density at radius 3 is 2.83 bits per heavy atom. The third kappa shape index (κ3) is 1.84. The number of halogens is 1. The van der Waals surface area contributed by atoms with Crippen molar-refractivity contribution in [3.8, 4) is 0 Å². The second-order valence-electron chi connectivity index (χ2n) is 2.31. The van der Waals surface area contributed by atoms with Gasteiger partial charge in [0.05, 0.1) is 0 Å². The summed E-state index contributed by atoms with van der Waals surface area (Å²) in [5.41, 5.74) is 4.83. The molecule has 64 valence electrons. The summed E-state index contributed by atoms with van der Waals surface area (Å²) in [5, 5.41) is 0.673. The second-order valence-corrected chi connectivity index (χ2v) is 2.87. The number of hydrogen-bond donors (Lipinski definition) is 2. The zero-order valence-electron chi connectivity index (χ0n) is 6.38. The number of carbonyl (C=O) groups is 1. The van der Waals surface area contributed by atoms with Gasteiger partial charge in [0.15, 0.2) is 0 Å². The predicted octanol–water partition coefficient (Wildman–Crippen LogP) is 1.68. The van der Waals surface area contributed by atoms with Crippen LogP contribution in [0.1, 0.15) is 15.9 Å². The van der Waals surface area contributed by atoms with Gasteiger partial charge in [-0.25, -0.2) is 0 Å². The fraction of sp³-hybridized carbons (Fsp3) is 0.125. The largest absolute Gasteiger partial charge is 0.324 e. The monoisotopic (exact) mass is 228 g/mol. The highest BCUT2D eigenvalue weighted by atomic mass is 79.9. The summed E-state index contributed by atoms with van der Waals surface area (Å²) in [5.74, 6) is 5.19. The highest BCUT2D eigenvalue weighted by molar-refractivity contribution is 9.08. The highest BCUT2D eigenvalue weighted by Crippen LogP contribution is 2.15. The molecule has 0 spiro atoms. The van der Waals surface area contributed by atoms with Crippen LogP contribution in [0.5, 0.6) is 0 Å². The van der Waals surface area contributed by atoms with Crippen LogP contribution >= 0.6 is 15.9 Å². The first-order chi connectivity index (χ1) is 5.81. The number of benzene rings is 1. The fourth-order valence-corrected chi connectivity index (χ4v) is 1.43. The minimum atomic E-state index is 0.655. The number of anilines is 1. The zero-order valence-corrected chi connectivity index (χ0v) is 7.97.